The highest BCUT2D eigenvalue weighted by molar-refractivity contribution is 6.08. The van der Waals surface area contributed by atoms with Gasteiger partial charge in [-0.25, -0.2) is 4.68 Å². The van der Waals surface area contributed by atoms with E-state index in [-0.39, 0.29) is 17.1 Å². The van der Waals surface area contributed by atoms with Crippen LogP contribution in [0.4, 0.5) is 11.5 Å². The summed E-state index contributed by atoms with van der Waals surface area (Å²) in [6.07, 6.45) is 2.75. The summed E-state index contributed by atoms with van der Waals surface area (Å²) < 4.78 is 7.08. The molecule has 2 aliphatic rings. The zero-order valence-electron chi connectivity index (χ0n) is 20.7. The molecule has 0 fully saturated rings. The van der Waals surface area contributed by atoms with Gasteiger partial charge in [0.25, 0.3) is 5.91 Å². The number of Topliss-reactive ketones (excluding diaryl/α,β-unsaturated/α-hetero) is 1. The summed E-state index contributed by atoms with van der Waals surface area (Å²) in [5.74, 6) is 1.19. The first-order chi connectivity index (χ1) is 16.7. The highest BCUT2D eigenvalue weighted by Crippen LogP contribution is 2.46. The third kappa shape index (κ3) is 4.11. The molecule has 2 N–H and O–H groups in total. The van der Waals surface area contributed by atoms with Crippen LogP contribution in [0.15, 0.2) is 59.9 Å². The van der Waals surface area contributed by atoms with E-state index in [1.807, 2.05) is 56.3 Å². The van der Waals surface area contributed by atoms with Crippen LogP contribution in [0.25, 0.3) is 0 Å². The van der Waals surface area contributed by atoms with Crippen molar-refractivity contribution in [2.24, 2.45) is 5.41 Å². The van der Waals surface area contributed by atoms with E-state index >= 15 is 0 Å². The van der Waals surface area contributed by atoms with Gasteiger partial charge in [-0.2, -0.15) is 5.10 Å². The van der Waals surface area contributed by atoms with Crippen molar-refractivity contribution in [2.75, 3.05) is 17.7 Å². The summed E-state index contributed by atoms with van der Waals surface area (Å²) in [4.78, 5) is 26.7. The number of aromatic nitrogens is 2. The van der Waals surface area contributed by atoms with Crippen molar-refractivity contribution in [1.82, 2.24) is 9.78 Å². The predicted molar refractivity (Wildman–Crippen MR) is 136 cm³/mol. The Morgan fingerprint density at radius 3 is 2.54 bits per heavy atom. The number of rotatable bonds is 4. The van der Waals surface area contributed by atoms with E-state index in [4.69, 9.17) is 4.74 Å². The number of carbonyl (C=O) groups excluding carboxylic acids is 2. The molecule has 7 nitrogen and oxygen atoms in total. The molecule has 5 rings (SSSR count). The standard InChI is InChI=1S/C28H30N4O3/c1-16-6-9-19(12-17(16)2)30-27(34)21-15-29-32-25(18-7-10-20(35-5)11-8-18)24-22(31-26(21)32)13-28(3,4)14-23(24)33/h6-12,15,25,31H,13-14H2,1-5H3,(H,30,34)/t25-/m1/s1. The van der Waals surface area contributed by atoms with Gasteiger partial charge in [-0.15, -0.1) is 0 Å². The van der Waals surface area contributed by atoms with Gasteiger partial charge in [0.1, 0.15) is 23.2 Å². The lowest BCUT2D eigenvalue weighted by Crippen LogP contribution is -2.37. The normalized spacial score (nSPS) is 18.4. The van der Waals surface area contributed by atoms with Crippen molar-refractivity contribution < 1.29 is 14.3 Å². The maximum Gasteiger partial charge on any atom is 0.261 e. The molecule has 1 aliphatic heterocycles. The SMILES string of the molecule is COc1ccc([C@@H]2C3=C(CC(C)(C)CC3=O)Nc3c(C(=O)Nc4ccc(C)c(C)c4)cnn32)cc1. The molecular formula is C28H30N4O3. The number of fused-ring (bicyclic) bond motifs is 1. The Bertz CT molecular complexity index is 1370. The van der Waals surface area contributed by atoms with E-state index in [9.17, 15) is 9.59 Å². The zero-order valence-corrected chi connectivity index (χ0v) is 20.7. The van der Waals surface area contributed by atoms with Crippen LogP contribution in [0.2, 0.25) is 0 Å². The highest BCUT2D eigenvalue weighted by atomic mass is 16.5. The number of hydrogen-bond acceptors (Lipinski definition) is 5. The number of carbonyl (C=O) groups is 2. The van der Waals surface area contributed by atoms with Gasteiger partial charge in [-0.3, -0.25) is 9.59 Å². The summed E-state index contributed by atoms with van der Waals surface area (Å²) in [6.45, 7) is 8.25. The van der Waals surface area contributed by atoms with Gasteiger partial charge in [-0.1, -0.05) is 32.0 Å². The first kappa shape index (κ1) is 22.9. The Morgan fingerprint density at radius 1 is 1.11 bits per heavy atom. The third-order valence-electron chi connectivity index (χ3n) is 6.94. The molecule has 180 valence electrons. The average molecular weight is 471 g/mol. The predicted octanol–water partition coefficient (Wildman–Crippen LogP) is 5.42. The van der Waals surface area contributed by atoms with Gasteiger partial charge < -0.3 is 15.4 Å². The molecule has 0 spiro atoms. The van der Waals surface area contributed by atoms with Crippen molar-refractivity contribution in [2.45, 2.75) is 46.6 Å². The number of methoxy groups -OCH3 is 1. The Labute approximate surface area is 205 Å². The number of allylic oxidation sites excluding steroid dienone is 2. The second kappa shape index (κ2) is 8.41. The molecule has 7 heteroatoms. The van der Waals surface area contributed by atoms with E-state index in [0.29, 0.717) is 29.8 Å². The highest BCUT2D eigenvalue weighted by Gasteiger charge is 2.42. The summed E-state index contributed by atoms with van der Waals surface area (Å²) in [6, 6.07) is 13.1. The quantitative estimate of drug-likeness (QED) is 0.532. The lowest BCUT2D eigenvalue weighted by Gasteiger charge is -2.39. The third-order valence-corrected chi connectivity index (χ3v) is 6.94. The number of hydrogen-bond donors (Lipinski definition) is 2. The maximum absolute atomic E-state index is 13.4. The lowest BCUT2D eigenvalue weighted by molar-refractivity contribution is -0.118. The molecule has 1 aromatic heterocycles. The molecule has 0 saturated carbocycles. The molecule has 2 heterocycles. The molecule has 3 aromatic rings. The minimum Gasteiger partial charge on any atom is -0.497 e. The fraction of sp³-hybridized carbons (Fsp3) is 0.321. The van der Waals surface area contributed by atoms with Crippen LogP contribution in [0, 0.1) is 19.3 Å². The van der Waals surface area contributed by atoms with Gasteiger partial charge in [0.05, 0.1) is 13.3 Å². The molecule has 0 saturated heterocycles. The Hall–Kier alpha value is -3.87. The fourth-order valence-corrected chi connectivity index (χ4v) is 4.99. The van der Waals surface area contributed by atoms with E-state index in [0.717, 1.165) is 28.3 Å². The number of aryl methyl sites for hydroxylation is 2. The van der Waals surface area contributed by atoms with Gasteiger partial charge in [0.15, 0.2) is 5.78 Å². The molecule has 1 aliphatic carbocycles. The van der Waals surface area contributed by atoms with Crippen LogP contribution in [0.5, 0.6) is 5.75 Å². The molecular weight excluding hydrogens is 440 g/mol. The second-order valence-electron chi connectivity index (χ2n) is 10.2. The summed E-state index contributed by atoms with van der Waals surface area (Å²) >= 11 is 0. The van der Waals surface area contributed by atoms with Crippen LogP contribution in [0.1, 0.15) is 59.8 Å². The molecule has 1 atom stereocenters. The monoisotopic (exact) mass is 470 g/mol. The average Bonchev–Trinajstić information content (AvgIpc) is 3.23. The number of amides is 1. The van der Waals surface area contributed by atoms with Crippen LogP contribution in [0.3, 0.4) is 0 Å². The van der Waals surface area contributed by atoms with Crippen molar-refractivity contribution in [1.29, 1.82) is 0 Å². The van der Waals surface area contributed by atoms with Crippen LogP contribution in [-0.2, 0) is 4.79 Å². The van der Waals surface area contributed by atoms with Gasteiger partial charge >= 0.3 is 0 Å². The minimum absolute atomic E-state index is 0.104. The van der Waals surface area contributed by atoms with E-state index in [2.05, 4.69) is 29.6 Å². The molecule has 0 unspecified atom stereocenters. The number of benzene rings is 2. The fourth-order valence-electron chi connectivity index (χ4n) is 4.99. The van der Waals surface area contributed by atoms with Crippen LogP contribution in [-0.4, -0.2) is 28.6 Å². The lowest BCUT2D eigenvalue weighted by atomic mass is 9.73. The Morgan fingerprint density at radius 2 is 1.86 bits per heavy atom. The van der Waals surface area contributed by atoms with Crippen LogP contribution >= 0.6 is 0 Å². The van der Waals surface area contributed by atoms with Crippen molar-refractivity contribution >= 4 is 23.2 Å². The van der Waals surface area contributed by atoms with Gasteiger partial charge in [0, 0.05) is 23.4 Å². The molecule has 0 radical (unpaired) electrons. The van der Waals surface area contributed by atoms with Crippen molar-refractivity contribution in [3.8, 4) is 5.75 Å². The summed E-state index contributed by atoms with van der Waals surface area (Å²) in [7, 11) is 1.62. The first-order valence-corrected chi connectivity index (χ1v) is 11.8. The Balaban J connectivity index is 1.57. The van der Waals surface area contributed by atoms with E-state index in [1.54, 1.807) is 18.0 Å². The number of ether oxygens (including phenoxy) is 1. The van der Waals surface area contributed by atoms with E-state index in [1.165, 1.54) is 5.56 Å². The largest absolute Gasteiger partial charge is 0.497 e. The van der Waals surface area contributed by atoms with Crippen molar-refractivity contribution in [3.05, 3.63) is 82.2 Å². The summed E-state index contributed by atoms with van der Waals surface area (Å²) in [5, 5.41) is 11.0. The molecule has 1 amide bonds. The second-order valence-corrected chi connectivity index (χ2v) is 10.2. The van der Waals surface area contributed by atoms with Gasteiger partial charge in [0.2, 0.25) is 0 Å². The summed E-state index contributed by atoms with van der Waals surface area (Å²) in [5.41, 5.74) is 5.76. The maximum atomic E-state index is 13.4. The minimum atomic E-state index is -0.418. The number of ketones is 1. The number of nitrogens with one attached hydrogen (secondary N) is 2. The van der Waals surface area contributed by atoms with Crippen LogP contribution < -0.4 is 15.4 Å². The Kier molecular flexibility index (Phi) is 5.50. The number of nitrogens with zero attached hydrogens (tertiary/aromatic N) is 2. The zero-order chi connectivity index (χ0) is 24.9. The molecule has 0 bridgehead atoms. The van der Waals surface area contributed by atoms with E-state index < -0.39 is 6.04 Å². The van der Waals surface area contributed by atoms with Crippen molar-refractivity contribution in [3.63, 3.8) is 0 Å². The van der Waals surface area contributed by atoms with Gasteiger partial charge in [-0.05, 0) is 66.6 Å². The smallest absolute Gasteiger partial charge is 0.261 e. The molecule has 35 heavy (non-hydrogen) atoms. The topological polar surface area (TPSA) is 85.2 Å². The first-order valence-electron chi connectivity index (χ1n) is 11.8. The molecule has 2 aromatic carbocycles. The number of anilines is 2.